The molecule has 0 unspecified atom stereocenters. The van der Waals surface area contributed by atoms with Gasteiger partial charge in [-0.1, -0.05) is 108 Å². The zero-order chi connectivity index (χ0) is 32.8. The lowest BCUT2D eigenvalue weighted by molar-refractivity contribution is -0.117. The molecule has 232 valence electrons. The Kier molecular flexibility index (Phi) is 9.31. The quantitative estimate of drug-likeness (QED) is 0.0717. The van der Waals surface area contributed by atoms with E-state index < -0.39 is 5.91 Å². The number of aromatic nitrogens is 4. The highest BCUT2D eigenvalue weighted by atomic mass is 35.5. The molecule has 1 amide bonds. The van der Waals surface area contributed by atoms with Crippen molar-refractivity contribution >= 4 is 35.6 Å². The van der Waals surface area contributed by atoms with E-state index in [1.54, 1.807) is 33.8 Å². The van der Waals surface area contributed by atoms with Gasteiger partial charge in [0.25, 0.3) is 5.91 Å². The second-order valence-electron chi connectivity index (χ2n) is 11.0. The van der Waals surface area contributed by atoms with Gasteiger partial charge in [0, 0.05) is 40.4 Å². The van der Waals surface area contributed by atoms with Gasteiger partial charge in [-0.25, -0.2) is 14.8 Å². The molecule has 6 rings (SSSR count). The van der Waals surface area contributed by atoms with Crippen molar-refractivity contribution in [3.63, 3.8) is 0 Å². The molecule has 2 aromatic heterocycles. The van der Waals surface area contributed by atoms with Crippen molar-refractivity contribution in [3.8, 4) is 22.6 Å². The lowest BCUT2D eigenvalue weighted by atomic mass is 10.00. The molecule has 0 radical (unpaired) electrons. The van der Waals surface area contributed by atoms with Crippen LogP contribution in [0.1, 0.15) is 39.2 Å². The number of aryl methyl sites for hydroxylation is 2. The van der Waals surface area contributed by atoms with Gasteiger partial charge in [0.05, 0.1) is 23.3 Å². The fourth-order valence-corrected chi connectivity index (χ4v) is 5.38. The molecule has 0 saturated carbocycles. The SMILES string of the molecule is Cc1ccc(C(=O)CC(=Cc2c(C)nn(-c3ccccc3)c2Cl)C(=O)NN=Cc2cn(-c3ccccc3)nc2-c2ccccc2)cc1. The van der Waals surface area contributed by atoms with E-state index in [0.717, 1.165) is 22.5 Å². The molecular weight excluding hydrogens is 608 g/mol. The first-order valence-electron chi connectivity index (χ1n) is 15.0. The van der Waals surface area contributed by atoms with Crippen LogP contribution in [0.3, 0.4) is 0 Å². The van der Waals surface area contributed by atoms with Crippen LogP contribution in [0.15, 0.2) is 132 Å². The maximum absolute atomic E-state index is 13.7. The van der Waals surface area contributed by atoms with Crippen molar-refractivity contribution in [2.75, 3.05) is 0 Å². The lowest BCUT2D eigenvalue weighted by Crippen LogP contribution is -2.21. The Morgan fingerprint density at radius 3 is 2.09 bits per heavy atom. The zero-order valence-electron chi connectivity index (χ0n) is 25.8. The van der Waals surface area contributed by atoms with E-state index in [-0.39, 0.29) is 17.8 Å². The predicted octanol–water partition coefficient (Wildman–Crippen LogP) is 7.80. The number of amides is 1. The molecule has 0 atom stereocenters. The Balaban J connectivity index is 1.32. The van der Waals surface area contributed by atoms with Crippen molar-refractivity contribution in [3.05, 3.63) is 160 Å². The Morgan fingerprint density at radius 2 is 1.43 bits per heavy atom. The molecule has 4 aromatic carbocycles. The van der Waals surface area contributed by atoms with Gasteiger partial charge < -0.3 is 0 Å². The third kappa shape index (κ3) is 7.19. The maximum atomic E-state index is 13.7. The number of hydrogen-bond acceptors (Lipinski definition) is 5. The van der Waals surface area contributed by atoms with Gasteiger partial charge in [-0.2, -0.15) is 15.3 Å². The number of ketones is 1. The van der Waals surface area contributed by atoms with Crippen LogP contribution in [0.5, 0.6) is 0 Å². The summed E-state index contributed by atoms with van der Waals surface area (Å²) >= 11 is 6.80. The van der Waals surface area contributed by atoms with E-state index in [4.69, 9.17) is 16.7 Å². The Labute approximate surface area is 277 Å². The van der Waals surface area contributed by atoms with E-state index in [1.165, 1.54) is 0 Å². The van der Waals surface area contributed by atoms with Crippen LogP contribution in [0.4, 0.5) is 0 Å². The fourth-order valence-electron chi connectivity index (χ4n) is 5.05. The van der Waals surface area contributed by atoms with Gasteiger partial charge in [0.1, 0.15) is 10.8 Å². The van der Waals surface area contributed by atoms with Crippen LogP contribution in [0.2, 0.25) is 5.15 Å². The summed E-state index contributed by atoms with van der Waals surface area (Å²) in [5, 5.41) is 14.0. The van der Waals surface area contributed by atoms with Crippen LogP contribution in [-0.4, -0.2) is 37.5 Å². The highest BCUT2D eigenvalue weighted by Gasteiger charge is 2.20. The van der Waals surface area contributed by atoms with E-state index in [0.29, 0.717) is 33.2 Å². The van der Waals surface area contributed by atoms with Crippen molar-refractivity contribution < 1.29 is 9.59 Å². The maximum Gasteiger partial charge on any atom is 0.267 e. The molecule has 0 saturated heterocycles. The molecule has 0 spiro atoms. The monoisotopic (exact) mass is 638 g/mol. The van der Waals surface area contributed by atoms with Crippen LogP contribution in [0, 0.1) is 13.8 Å². The number of carbonyl (C=O) groups is 2. The number of para-hydroxylation sites is 2. The molecule has 6 aromatic rings. The van der Waals surface area contributed by atoms with Gasteiger partial charge >= 0.3 is 0 Å². The Bertz CT molecular complexity index is 2080. The average molecular weight is 639 g/mol. The number of carbonyl (C=O) groups excluding carboxylic acids is 2. The molecule has 1 N–H and O–H groups in total. The Hall–Kier alpha value is -5.86. The molecule has 0 aliphatic carbocycles. The molecule has 9 heteroatoms. The van der Waals surface area contributed by atoms with Crippen molar-refractivity contribution in [2.24, 2.45) is 5.10 Å². The molecule has 47 heavy (non-hydrogen) atoms. The molecule has 0 aliphatic rings. The number of Topliss-reactive ketones (excluding diaryl/α,β-unsaturated/α-hetero) is 1. The number of halogens is 1. The normalized spacial score (nSPS) is 11.6. The number of nitrogens with zero attached hydrogens (tertiary/aromatic N) is 5. The topological polar surface area (TPSA) is 94.2 Å². The molecule has 0 bridgehead atoms. The average Bonchev–Trinajstić information content (AvgIpc) is 3.66. The third-order valence-electron chi connectivity index (χ3n) is 7.56. The van der Waals surface area contributed by atoms with Crippen LogP contribution >= 0.6 is 11.6 Å². The molecule has 2 heterocycles. The van der Waals surface area contributed by atoms with Gasteiger partial charge in [0.2, 0.25) is 0 Å². The van der Waals surface area contributed by atoms with Gasteiger partial charge in [-0.05, 0) is 44.2 Å². The number of rotatable bonds is 10. The van der Waals surface area contributed by atoms with Crippen LogP contribution in [0.25, 0.3) is 28.7 Å². The number of benzene rings is 4. The summed E-state index contributed by atoms with van der Waals surface area (Å²) in [5.74, 6) is -0.753. The summed E-state index contributed by atoms with van der Waals surface area (Å²) in [7, 11) is 0. The smallest absolute Gasteiger partial charge is 0.267 e. The first-order valence-corrected chi connectivity index (χ1v) is 15.4. The van der Waals surface area contributed by atoms with Crippen molar-refractivity contribution in [1.29, 1.82) is 0 Å². The third-order valence-corrected chi connectivity index (χ3v) is 7.93. The van der Waals surface area contributed by atoms with E-state index in [2.05, 4.69) is 15.6 Å². The second-order valence-corrected chi connectivity index (χ2v) is 11.3. The van der Waals surface area contributed by atoms with Crippen LogP contribution in [-0.2, 0) is 4.79 Å². The highest BCUT2D eigenvalue weighted by Crippen LogP contribution is 2.27. The standard InChI is InChI=1S/C38H31ClN6O2/c1-26-18-20-28(21-19-26)35(46)23-30(22-34-27(2)42-45(37(34)39)33-16-10-5-11-17-33)38(47)41-40-24-31-25-44(32-14-8-4-9-15-32)43-36(31)29-12-6-3-7-13-29/h3-22,24-25H,23H2,1-2H3,(H,41,47). The molecular formula is C38H31ClN6O2. The molecule has 8 nitrogen and oxygen atoms in total. The van der Waals surface area contributed by atoms with Gasteiger partial charge in [-0.3, -0.25) is 9.59 Å². The van der Waals surface area contributed by atoms with Crippen LogP contribution < -0.4 is 5.43 Å². The first kappa shape index (κ1) is 31.1. The van der Waals surface area contributed by atoms with Crippen molar-refractivity contribution in [2.45, 2.75) is 20.3 Å². The summed E-state index contributed by atoms with van der Waals surface area (Å²) in [6, 6.07) is 36.2. The zero-order valence-corrected chi connectivity index (χ0v) is 26.6. The first-order chi connectivity index (χ1) is 22.9. The summed E-state index contributed by atoms with van der Waals surface area (Å²) in [6.45, 7) is 3.76. The number of nitrogens with one attached hydrogen (secondary N) is 1. The summed E-state index contributed by atoms with van der Waals surface area (Å²) in [5.41, 5.74) is 9.46. The lowest BCUT2D eigenvalue weighted by Gasteiger charge is -2.07. The summed E-state index contributed by atoms with van der Waals surface area (Å²) < 4.78 is 3.37. The largest absolute Gasteiger partial charge is 0.294 e. The van der Waals surface area contributed by atoms with E-state index in [1.807, 2.05) is 123 Å². The highest BCUT2D eigenvalue weighted by molar-refractivity contribution is 6.31. The summed E-state index contributed by atoms with van der Waals surface area (Å²) in [6.07, 6.45) is 4.85. The van der Waals surface area contributed by atoms with Crippen molar-refractivity contribution in [1.82, 2.24) is 25.0 Å². The second kappa shape index (κ2) is 14.1. The molecule has 0 aliphatic heterocycles. The van der Waals surface area contributed by atoms with E-state index >= 15 is 0 Å². The number of hydrogen-bond donors (Lipinski definition) is 1. The fraction of sp³-hybridized carbons (Fsp3) is 0.0789. The predicted molar refractivity (Wildman–Crippen MR) is 186 cm³/mol. The minimum atomic E-state index is -0.540. The van der Waals surface area contributed by atoms with Gasteiger partial charge in [-0.15, -0.1) is 0 Å². The Morgan fingerprint density at radius 1 is 0.809 bits per heavy atom. The van der Waals surface area contributed by atoms with E-state index in [9.17, 15) is 9.59 Å². The minimum absolute atomic E-state index is 0.169. The van der Waals surface area contributed by atoms with Gasteiger partial charge in [0.15, 0.2) is 5.78 Å². The minimum Gasteiger partial charge on any atom is -0.294 e. The summed E-state index contributed by atoms with van der Waals surface area (Å²) in [4.78, 5) is 27.1. The molecule has 0 fully saturated rings. The number of hydrazone groups is 1.